The Hall–Kier alpha value is -2.69. The minimum absolute atomic E-state index is 0.0509. The van der Waals surface area contributed by atoms with Crippen molar-refractivity contribution in [1.82, 2.24) is 0 Å². The second-order valence-electron chi connectivity index (χ2n) is 3.69. The number of anilines is 2. The molecule has 0 bridgehead atoms. The summed E-state index contributed by atoms with van der Waals surface area (Å²) >= 11 is 0. The van der Waals surface area contributed by atoms with E-state index in [9.17, 15) is 9.90 Å². The molecule has 0 unspecified atom stereocenters. The van der Waals surface area contributed by atoms with Gasteiger partial charge in [-0.2, -0.15) is 5.06 Å². The average molecular weight is 259 g/mol. The SMILES string of the molecule is COc1ccc(N(OC=O)c2ccccc2)c(O)c1. The van der Waals surface area contributed by atoms with Gasteiger partial charge in [-0.3, -0.25) is 4.79 Å². The van der Waals surface area contributed by atoms with Gasteiger partial charge in [0.2, 0.25) is 0 Å². The van der Waals surface area contributed by atoms with Gasteiger partial charge in [-0.25, -0.2) is 0 Å². The Labute approximate surface area is 110 Å². The highest BCUT2D eigenvalue weighted by Crippen LogP contribution is 2.35. The number of phenolic OH excluding ortho intramolecular Hbond substituents is 1. The molecule has 0 amide bonds. The Balaban J connectivity index is 2.42. The van der Waals surface area contributed by atoms with E-state index in [1.165, 1.54) is 18.2 Å². The zero-order valence-electron chi connectivity index (χ0n) is 10.3. The van der Waals surface area contributed by atoms with Crippen molar-refractivity contribution in [2.75, 3.05) is 12.2 Å². The number of phenols is 1. The second kappa shape index (κ2) is 5.77. The minimum atomic E-state index is -0.0509. The van der Waals surface area contributed by atoms with Gasteiger partial charge in [-0.15, -0.1) is 0 Å². The van der Waals surface area contributed by atoms with E-state index in [1.54, 1.807) is 36.4 Å². The Bertz CT molecular complexity index is 557. The molecule has 0 aromatic heterocycles. The van der Waals surface area contributed by atoms with E-state index in [4.69, 9.17) is 9.57 Å². The van der Waals surface area contributed by atoms with Gasteiger partial charge in [-0.1, -0.05) is 18.2 Å². The van der Waals surface area contributed by atoms with Gasteiger partial charge in [0.25, 0.3) is 0 Å². The molecular weight excluding hydrogens is 246 g/mol. The first kappa shape index (κ1) is 12.8. The summed E-state index contributed by atoms with van der Waals surface area (Å²) in [7, 11) is 1.51. The average Bonchev–Trinajstić information content (AvgIpc) is 2.46. The third-order valence-electron chi connectivity index (χ3n) is 2.54. The van der Waals surface area contributed by atoms with Crippen LogP contribution in [0, 0.1) is 0 Å². The first-order valence-electron chi connectivity index (χ1n) is 5.59. The van der Waals surface area contributed by atoms with Crippen LogP contribution in [0.5, 0.6) is 11.5 Å². The third kappa shape index (κ3) is 2.77. The molecule has 0 heterocycles. The number of hydrogen-bond acceptors (Lipinski definition) is 5. The minimum Gasteiger partial charge on any atom is -0.505 e. The van der Waals surface area contributed by atoms with E-state index in [0.29, 0.717) is 23.6 Å². The van der Waals surface area contributed by atoms with Crippen LogP contribution < -0.4 is 9.80 Å². The number of para-hydroxylation sites is 1. The number of aromatic hydroxyl groups is 1. The van der Waals surface area contributed by atoms with Crippen LogP contribution in [0.3, 0.4) is 0 Å². The summed E-state index contributed by atoms with van der Waals surface area (Å²) < 4.78 is 5.01. The third-order valence-corrected chi connectivity index (χ3v) is 2.54. The Morgan fingerprint density at radius 2 is 1.89 bits per heavy atom. The summed E-state index contributed by atoms with van der Waals surface area (Å²) in [5, 5.41) is 11.2. The van der Waals surface area contributed by atoms with Crippen LogP contribution in [-0.2, 0) is 9.63 Å². The monoisotopic (exact) mass is 259 g/mol. The van der Waals surface area contributed by atoms with E-state index >= 15 is 0 Å². The maximum absolute atomic E-state index is 10.6. The van der Waals surface area contributed by atoms with Gasteiger partial charge in [0.05, 0.1) is 12.8 Å². The smallest absolute Gasteiger partial charge is 0.321 e. The molecule has 1 N–H and O–H groups in total. The van der Waals surface area contributed by atoms with Crippen molar-refractivity contribution in [1.29, 1.82) is 0 Å². The van der Waals surface area contributed by atoms with E-state index in [0.717, 1.165) is 0 Å². The molecule has 5 heteroatoms. The first-order valence-corrected chi connectivity index (χ1v) is 5.59. The van der Waals surface area contributed by atoms with E-state index in [-0.39, 0.29) is 5.75 Å². The maximum atomic E-state index is 10.6. The van der Waals surface area contributed by atoms with Crippen LogP contribution in [0.25, 0.3) is 0 Å². The molecule has 0 aliphatic rings. The van der Waals surface area contributed by atoms with Crippen LogP contribution in [0.1, 0.15) is 0 Å². The summed E-state index contributed by atoms with van der Waals surface area (Å²) in [6.07, 6.45) is 0. The van der Waals surface area contributed by atoms with E-state index in [1.807, 2.05) is 6.07 Å². The first-order chi connectivity index (χ1) is 9.26. The molecule has 0 aliphatic carbocycles. The van der Waals surface area contributed by atoms with Crippen molar-refractivity contribution < 1.29 is 19.5 Å². The molecule has 0 saturated carbocycles. The zero-order valence-corrected chi connectivity index (χ0v) is 10.3. The summed E-state index contributed by atoms with van der Waals surface area (Å²) in [6, 6.07) is 13.7. The van der Waals surface area contributed by atoms with Crippen molar-refractivity contribution in [3.63, 3.8) is 0 Å². The lowest BCUT2D eigenvalue weighted by atomic mass is 10.2. The highest BCUT2D eigenvalue weighted by molar-refractivity contribution is 5.69. The highest BCUT2D eigenvalue weighted by atomic mass is 16.7. The quantitative estimate of drug-likeness (QED) is 0.660. The van der Waals surface area contributed by atoms with Gasteiger partial charge in [0.1, 0.15) is 17.2 Å². The number of hydrogen-bond donors (Lipinski definition) is 1. The Morgan fingerprint density at radius 3 is 2.47 bits per heavy atom. The molecule has 0 radical (unpaired) electrons. The number of nitrogens with zero attached hydrogens (tertiary/aromatic N) is 1. The fourth-order valence-corrected chi connectivity index (χ4v) is 1.67. The summed E-state index contributed by atoms with van der Waals surface area (Å²) in [5.74, 6) is 0.463. The zero-order chi connectivity index (χ0) is 13.7. The lowest BCUT2D eigenvalue weighted by Gasteiger charge is -2.21. The van der Waals surface area contributed by atoms with Gasteiger partial charge in [-0.05, 0) is 24.3 Å². The Kier molecular flexibility index (Phi) is 3.87. The molecule has 2 rings (SSSR count). The fraction of sp³-hybridized carbons (Fsp3) is 0.0714. The second-order valence-corrected chi connectivity index (χ2v) is 3.69. The Morgan fingerprint density at radius 1 is 1.16 bits per heavy atom. The number of methoxy groups -OCH3 is 1. The number of carbonyl (C=O) groups is 1. The van der Waals surface area contributed by atoms with Crippen molar-refractivity contribution in [3.8, 4) is 11.5 Å². The van der Waals surface area contributed by atoms with Crippen LogP contribution >= 0.6 is 0 Å². The fourth-order valence-electron chi connectivity index (χ4n) is 1.67. The van der Waals surface area contributed by atoms with E-state index in [2.05, 4.69) is 0 Å². The van der Waals surface area contributed by atoms with Gasteiger partial charge >= 0.3 is 6.47 Å². The number of rotatable bonds is 5. The number of benzene rings is 2. The molecule has 2 aromatic carbocycles. The highest BCUT2D eigenvalue weighted by Gasteiger charge is 2.15. The molecule has 98 valence electrons. The van der Waals surface area contributed by atoms with Crippen LogP contribution in [0.2, 0.25) is 0 Å². The van der Waals surface area contributed by atoms with Crippen LogP contribution in [-0.4, -0.2) is 18.7 Å². The number of carbonyl (C=O) groups excluding carboxylic acids is 1. The summed E-state index contributed by atoms with van der Waals surface area (Å²) in [6.45, 7) is 0.302. The molecule has 0 aliphatic heterocycles. The number of ether oxygens (including phenoxy) is 1. The van der Waals surface area contributed by atoms with Gasteiger partial charge in [0.15, 0.2) is 0 Å². The van der Waals surface area contributed by atoms with Gasteiger partial charge < -0.3 is 14.7 Å². The molecule has 0 saturated heterocycles. The summed E-state index contributed by atoms with van der Waals surface area (Å²) in [4.78, 5) is 15.5. The predicted octanol–water partition coefficient (Wildman–Crippen LogP) is 2.63. The lowest BCUT2D eigenvalue weighted by Crippen LogP contribution is -2.16. The molecular formula is C14H13NO4. The van der Waals surface area contributed by atoms with Crippen LogP contribution in [0.15, 0.2) is 48.5 Å². The molecule has 0 atom stereocenters. The van der Waals surface area contributed by atoms with Crippen LogP contribution in [0.4, 0.5) is 11.4 Å². The standard InChI is InChI=1S/C14H13NO4/c1-18-12-7-8-13(14(17)9-12)15(19-10-16)11-5-3-2-4-6-11/h2-10,17H,1H3. The predicted molar refractivity (Wildman–Crippen MR) is 70.4 cm³/mol. The molecule has 19 heavy (non-hydrogen) atoms. The van der Waals surface area contributed by atoms with Crippen molar-refractivity contribution >= 4 is 17.8 Å². The summed E-state index contributed by atoms with van der Waals surface area (Å²) in [5.41, 5.74) is 0.967. The largest absolute Gasteiger partial charge is 0.505 e. The molecule has 0 spiro atoms. The van der Waals surface area contributed by atoms with Gasteiger partial charge in [0, 0.05) is 6.07 Å². The van der Waals surface area contributed by atoms with Crippen molar-refractivity contribution in [2.45, 2.75) is 0 Å². The molecule has 2 aromatic rings. The molecule has 5 nitrogen and oxygen atoms in total. The molecule has 0 fully saturated rings. The van der Waals surface area contributed by atoms with Crippen molar-refractivity contribution in [2.24, 2.45) is 0 Å². The van der Waals surface area contributed by atoms with E-state index < -0.39 is 0 Å². The normalized spacial score (nSPS) is 9.74. The van der Waals surface area contributed by atoms with Crippen molar-refractivity contribution in [3.05, 3.63) is 48.5 Å². The topological polar surface area (TPSA) is 59.0 Å². The lowest BCUT2D eigenvalue weighted by molar-refractivity contribution is -0.128. The maximum Gasteiger partial charge on any atom is 0.321 e.